The Hall–Kier alpha value is -2.51. The van der Waals surface area contributed by atoms with Crippen LogP contribution in [-0.4, -0.2) is 38.3 Å². The van der Waals surface area contributed by atoms with Gasteiger partial charge >= 0.3 is 5.97 Å². The number of carbonyl (C=O) groups is 1. The normalized spacial score (nSPS) is 10.4. The lowest BCUT2D eigenvalue weighted by Gasteiger charge is -2.06. The van der Waals surface area contributed by atoms with E-state index in [-0.39, 0.29) is 17.9 Å². The number of ether oxygens (including phenoxy) is 1. The van der Waals surface area contributed by atoms with Crippen LogP contribution in [-0.2, 0) is 6.42 Å². The fourth-order valence-corrected chi connectivity index (χ4v) is 1.46. The molecule has 0 atom stereocenters. The van der Waals surface area contributed by atoms with Crippen molar-refractivity contribution in [3.8, 4) is 5.75 Å². The number of H-pyrrole nitrogens is 1. The lowest BCUT2D eigenvalue weighted by Crippen LogP contribution is -2.04. The van der Waals surface area contributed by atoms with Crippen molar-refractivity contribution < 1.29 is 19.0 Å². The minimum atomic E-state index is -0.878. The van der Waals surface area contributed by atoms with Crippen molar-refractivity contribution in [3.63, 3.8) is 0 Å². The van der Waals surface area contributed by atoms with Gasteiger partial charge in [0.1, 0.15) is 5.56 Å². The van der Waals surface area contributed by atoms with Crippen LogP contribution in [0.5, 0.6) is 5.75 Å². The summed E-state index contributed by atoms with van der Waals surface area (Å²) in [6.07, 6.45) is 1.13. The average molecular weight is 267 g/mol. The fraction of sp³-hybridized carbons (Fsp3) is 0.273. The van der Waals surface area contributed by atoms with E-state index in [0.717, 1.165) is 6.07 Å². The molecule has 0 saturated heterocycles. The number of rotatable bonds is 6. The Balaban J connectivity index is 1.88. The standard InChI is InChI=1S/C11H11FN4O3/c12-8-4-3-7(11(17)18)6-9(8)19-5-1-2-10-13-15-16-14-10/h3-4,6H,1-2,5H2,(H,17,18)(H,13,14,15,16)/p+1. The summed E-state index contributed by atoms with van der Waals surface area (Å²) in [6.45, 7) is 0.251. The zero-order valence-corrected chi connectivity index (χ0v) is 9.89. The molecular weight excluding hydrogens is 255 g/mol. The van der Waals surface area contributed by atoms with Gasteiger partial charge in [0.2, 0.25) is 0 Å². The summed E-state index contributed by atoms with van der Waals surface area (Å²) in [7, 11) is 0. The molecule has 8 heteroatoms. The van der Waals surface area contributed by atoms with Crippen molar-refractivity contribution in [2.24, 2.45) is 0 Å². The molecule has 0 fully saturated rings. The van der Waals surface area contributed by atoms with Crippen LogP contribution in [0, 0.1) is 5.82 Å². The number of hydrogen-bond donors (Lipinski definition) is 1. The Morgan fingerprint density at radius 3 is 3.00 bits per heavy atom. The summed E-state index contributed by atoms with van der Waals surface area (Å²) < 4.78 is 18.6. The minimum Gasteiger partial charge on any atom is -0.561 e. The molecule has 1 heterocycles. The van der Waals surface area contributed by atoms with Crippen molar-refractivity contribution in [2.45, 2.75) is 12.8 Å². The highest BCUT2D eigenvalue weighted by atomic mass is 19.1. The maximum Gasteiger partial charge on any atom is 0.549 e. The molecular formula is C11H12FN4O3+. The van der Waals surface area contributed by atoms with Gasteiger partial charge in [-0.2, -0.15) is 5.21 Å². The van der Waals surface area contributed by atoms with Gasteiger partial charge in [-0.3, -0.25) is 0 Å². The van der Waals surface area contributed by atoms with Gasteiger partial charge in [0, 0.05) is 17.3 Å². The smallest absolute Gasteiger partial charge is 0.549 e. The molecule has 0 spiro atoms. The van der Waals surface area contributed by atoms with E-state index < -0.39 is 11.8 Å². The summed E-state index contributed by atoms with van der Waals surface area (Å²) in [6, 6.07) is 3.58. The number of benzene rings is 1. The predicted octanol–water partition coefficient (Wildman–Crippen LogP) is 0.215. The van der Waals surface area contributed by atoms with Crippen LogP contribution in [0.15, 0.2) is 18.2 Å². The summed E-state index contributed by atoms with van der Waals surface area (Å²) in [4.78, 5) is 10.9. The second-order valence-corrected chi connectivity index (χ2v) is 3.75. The van der Waals surface area contributed by atoms with Crippen molar-refractivity contribution in [1.82, 2.24) is 20.6 Å². The summed E-state index contributed by atoms with van der Waals surface area (Å²) in [5.74, 6) is -0.924. The van der Waals surface area contributed by atoms with Gasteiger partial charge in [-0.1, -0.05) is 5.21 Å². The first-order valence-electron chi connectivity index (χ1n) is 5.57. The number of aryl methyl sites for hydroxylation is 1. The molecule has 1 aromatic carbocycles. The number of nitrogens with one attached hydrogen (secondary N) is 1. The van der Waals surface area contributed by atoms with Gasteiger partial charge in [-0.25, -0.2) is 4.39 Å². The molecule has 0 unspecified atom stereocenters. The van der Waals surface area contributed by atoms with Crippen LogP contribution >= 0.6 is 0 Å². The van der Waals surface area contributed by atoms with E-state index in [0.29, 0.717) is 18.7 Å². The van der Waals surface area contributed by atoms with E-state index in [2.05, 4.69) is 20.6 Å². The summed E-state index contributed by atoms with van der Waals surface area (Å²) in [5, 5.41) is 20.2. The van der Waals surface area contributed by atoms with E-state index in [1.807, 2.05) is 0 Å². The third-order valence-corrected chi connectivity index (χ3v) is 2.38. The lowest BCUT2D eigenvalue weighted by molar-refractivity contribution is 0.0696. The molecule has 19 heavy (non-hydrogen) atoms. The van der Waals surface area contributed by atoms with Crippen LogP contribution in [0.2, 0.25) is 0 Å². The Labute approximate surface area is 107 Å². The quantitative estimate of drug-likeness (QED) is 0.595. The second kappa shape index (κ2) is 5.89. The van der Waals surface area contributed by atoms with E-state index in [1.54, 1.807) is 0 Å². The van der Waals surface area contributed by atoms with Gasteiger partial charge in [-0.15, -0.1) is 10.2 Å². The second-order valence-electron chi connectivity index (χ2n) is 3.75. The summed E-state index contributed by atoms with van der Waals surface area (Å²) in [5.41, 5.74) is 0.0922. The number of aromatic nitrogens is 4. The Morgan fingerprint density at radius 1 is 1.47 bits per heavy atom. The molecule has 100 valence electrons. The first kappa shape index (κ1) is 12.9. The predicted molar refractivity (Wildman–Crippen MR) is 62.3 cm³/mol. The molecule has 0 amide bonds. The number of halogens is 1. The maximum absolute atomic E-state index is 13.4. The zero-order chi connectivity index (χ0) is 13.7. The highest BCUT2D eigenvalue weighted by molar-refractivity contribution is 5.88. The Morgan fingerprint density at radius 2 is 2.32 bits per heavy atom. The van der Waals surface area contributed by atoms with Crippen LogP contribution < -0.4 is 4.74 Å². The minimum absolute atomic E-state index is 0.0359. The monoisotopic (exact) mass is 267 g/mol. The van der Waals surface area contributed by atoms with Crippen molar-refractivity contribution in [1.29, 1.82) is 0 Å². The van der Waals surface area contributed by atoms with Crippen LogP contribution in [0.1, 0.15) is 22.6 Å². The van der Waals surface area contributed by atoms with E-state index >= 15 is 0 Å². The molecule has 3 N–H and O–H groups in total. The highest BCUT2D eigenvalue weighted by Gasteiger charge is 2.14. The number of carbonyl (C=O) groups excluding carboxylic acids is 1. The number of tetrazole rings is 1. The molecule has 0 saturated carbocycles. The van der Waals surface area contributed by atoms with Crippen molar-refractivity contribution in [3.05, 3.63) is 35.4 Å². The van der Waals surface area contributed by atoms with Gasteiger partial charge in [0.05, 0.1) is 6.61 Å². The molecule has 0 aliphatic heterocycles. The first-order chi connectivity index (χ1) is 9.16. The largest absolute Gasteiger partial charge is 0.561 e. The highest BCUT2D eigenvalue weighted by Crippen LogP contribution is 2.19. The number of hydrogen-bond acceptors (Lipinski definition) is 5. The SMILES string of the molecule is O=C([OH2+])c1ccc(F)c(OCCCc2nn[nH]n2)c1. The molecule has 0 radical (unpaired) electrons. The first-order valence-corrected chi connectivity index (χ1v) is 5.57. The van der Waals surface area contributed by atoms with Gasteiger partial charge in [-0.05, 0) is 18.6 Å². The fourth-order valence-electron chi connectivity index (χ4n) is 1.46. The Kier molecular flexibility index (Phi) is 4.01. The zero-order valence-electron chi connectivity index (χ0n) is 9.89. The van der Waals surface area contributed by atoms with Crippen LogP contribution in [0.4, 0.5) is 4.39 Å². The maximum atomic E-state index is 13.4. The summed E-state index contributed by atoms with van der Waals surface area (Å²) >= 11 is 0. The number of nitrogens with zero attached hydrogens (tertiary/aromatic N) is 3. The van der Waals surface area contributed by atoms with Crippen molar-refractivity contribution in [2.75, 3.05) is 6.61 Å². The molecule has 0 aliphatic rings. The average Bonchev–Trinajstić information content (AvgIpc) is 2.89. The van der Waals surface area contributed by atoms with Gasteiger partial charge < -0.3 is 9.84 Å². The van der Waals surface area contributed by atoms with Gasteiger partial charge in [0.25, 0.3) is 0 Å². The number of aromatic amines is 1. The molecule has 2 rings (SSSR count). The van der Waals surface area contributed by atoms with Crippen molar-refractivity contribution >= 4 is 5.97 Å². The van der Waals surface area contributed by atoms with Crippen LogP contribution in [0.25, 0.3) is 0 Å². The third-order valence-electron chi connectivity index (χ3n) is 2.38. The molecule has 0 bridgehead atoms. The lowest BCUT2D eigenvalue weighted by atomic mass is 10.2. The molecule has 7 nitrogen and oxygen atoms in total. The topological polar surface area (TPSA) is 104 Å². The van der Waals surface area contributed by atoms with Gasteiger partial charge in [0.15, 0.2) is 17.4 Å². The molecule has 1 aromatic heterocycles. The van der Waals surface area contributed by atoms with Crippen LogP contribution in [0.3, 0.4) is 0 Å². The van der Waals surface area contributed by atoms with E-state index in [1.165, 1.54) is 12.1 Å². The molecule has 0 aliphatic carbocycles. The molecule has 2 aromatic rings. The van der Waals surface area contributed by atoms with E-state index in [4.69, 9.17) is 9.84 Å². The Bertz CT molecular complexity index is 559. The third kappa shape index (κ3) is 3.47. The van der Waals surface area contributed by atoms with E-state index in [9.17, 15) is 9.18 Å².